The number of methoxy groups -OCH3 is 2. The molecule has 1 aromatic carbocycles. The van der Waals surface area contributed by atoms with E-state index >= 15 is 0 Å². The van der Waals surface area contributed by atoms with Gasteiger partial charge in [-0.2, -0.15) is 0 Å². The smallest absolute Gasteiger partial charge is 0.355 e. The molecular formula is C23H30N2O6. The molecular weight excluding hydrogens is 400 g/mol. The van der Waals surface area contributed by atoms with Crippen molar-refractivity contribution < 1.29 is 28.6 Å². The second-order valence-electron chi connectivity index (χ2n) is 7.27. The minimum absolute atomic E-state index is 0.240. The number of amides is 1. The summed E-state index contributed by atoms with van der Waals surface area (Å²) in [6.07, 6.45) is 0. The van der Waals surface area contributed by atoms with Crippen LogP contribution in [0.5, 0.6) is 11.5 Å². The molecule has 0 bridgehead atoms. The van der Waals surface area contributed by atoms with Crippen LogP contribution in [0, 0.1) is 13.8 Å². The zero-order valence-corrected chi connectivity index (χ0v) is 19.4. The van der Waals surface area contributed by atoms with E-state index in [2.05, 4.69) is 0 Å². The van der Waals surface area contributed by atoms with Gasteiger partial charge in [-0.1, -0.05) is 0 Å². The third kappa shape index (κ3) is 4.57. The summed E-state index contributed by atoms with van der Waals surface area (Å²) >= 11 is 0. The van der Waals surface area contributed by atoms with E-state index in [0.717, 1.165) is 0 Å². The summed E-state index contributed by atoms with van der Waals surface area (Å²) in [7, 11) is 6.28. The van der Waals surface area contributed by atoms with Gasteiger partial charge in [0.05, 0.1) is 26.9 Å². The Morgan fingerprint density at radius 3 is 2.10 bits per heavy atom. The molecule has 8 heteroatoms. The molecule has 2 aromatic rings. The van der Waals surface area contributed by atoms with Crippen molar-refractivity contribution in [2.75, 3.05) is 27.9 Å². The first-order valence-corrected chi connectivity index (χ1v) is 9.96. The topological polar surface area (TPSA) is 87.1 Å². The van der Waals surface area contributed by atoms with Gasteiger partial charge in [-0.05, 0) is 45.4 Å². The molecule has 1 atom stereocenters. The summed E-state index contributed by atoms with van der Waals surface area (Å²) in [4.78, 5) is 40.1. The molecule has 2 rings (SSSR count). The molecule has 1 amide bonds. The normalized spacial score (nSPS) is 11.6. The number of carbonyl (C=O) groups is 3. The highest BCUT2D eigenvalue weighted by Crippen LogP contribution is 2.26. The molecule has 0 aliphatic rings. The van der Waals surface area contributed by atoms with E-state index in [1.54, 1.807) is 64.6 Å². The molecule has 0 aliphatic heterocycles. The Morgan fingerprint density at radius 1 is 1.06 bits per heavy atom. The molecule has 0 aliphatic carbocycles. The number of carbonyl (C=O) groups excluding carboxylic acids is 3. The minimum Gasteiger partial charge on any atom is -0.497 e. The maximum absolute atomic E-state index is 13.3. The van der Waals surface area contributed by atoms with E-state index in [0.29, 0.717) is 39.6 Å². The summed E-state index contributed by atoms with van der Waals surface area (Å²) in [6.45, 7) is 7.11. The van der Waals surface area contributed by atoms with Crippen LogP contribution in [0.15, 0.2) is 18.2 Å². The Balaban J connectivity index is 2.38. The number of hydrogen-bond donors (Lipinski definition) is 0. The van der Waals surface area contributed by atoms with Crippen LogP contribution in [0.3, 0.4) is 0 Å². The Morgan fingerprint density at radius 2 is 1.61 bits per heavy atom. The monoisotopic (exact) mass is 430 g/mol. The average Bonchev–Trinajstić information content (AvgIpc) is 2.99. The van der Waals surface area contributed by atoms with Crippen molar-refractivity contribution >= 4 is 17.7 Å². The van der Waals surface area contributed by atoms with Crippen LogP contribution >= 0.6 is 0 Å². The highest BCUT2D eigenvalue weighted by Gasteiger charge is 2.31. The van der Waals surface area contributed by atoms with Crippen LogP contribution in [0.1, 0.15) is 56.3 Å². The van der Waals surface area contributed by atoms with Crippen LogP contribution in [0.2, 0.25) is 0 Å². The second kappa shape index (κ2) is 9.68. The fourth-order valence-corrected chi connectivity index (χ4v) is 3.52. The largest absolute Gasteiger partial charge is 0.497 e. The summed E-state index contributed by atoms with van der Waals surface area (Å²) in [5.74, 6) is -0.139. The molecule has 0 fully saturated rings. The lowest BCUT2D eigenvalue weighted by molar-refractivity contribution is 0.0514. The van der Waals surface area contributed by atoms with Gasteiger partial charge in [-0.15, -0.1) is 0 Å². The van der Waals surface area contributed by atoms with Gasteiger partial charge in [0.1, 0.15) is 17.2 Å². The van der Waals surface area contributed by atoms with Crippen molar-refractivity contribution in [2.24, 2.45) is 7.05 Å². The Labute approximate surface area is 182 Å². The SMILES string of the molecule is CCOC(=O)c1c(C)c(C(=O)C(C)N(C)C(=O)c2cc(OC)cc(OC)c2)c(C)n1C. The lowest BCUT2D eigenvalue weighted by atomic mass is 9.99. The number of hydrogen-bond acceptors (Lipinski definition) is 6. The standard InChI is InChI=1S/C23H30N2O6/c1-9-31-23(28)20-13(2)19(14(3)24(20)5)21(26)15(4)25(6)22(27)16-10-17(29-7)12-18(11-16)30-8/h10-12,15H,9H2,1-8H3. The number of rotatable bonds is 8. The molecule has 0 radical (unpaired) electrons. The molecule has 0 spiro atoms. The number of nitrogens with zero attached hydrogens (tertiary/aromatic N) is 2. The van der Waals surface area contributed by atoms with Crippen LogP contribution < -0.4 is 9.47 Å². The molecule has 0 saturated carbocycles. The van der Waals surface area contributed by atoms with Gasteiger partial charge in [0.15, 0.2) is 5.78 Å². The first-order chi connectivity index (χ1) is 14.6. The van der Waals surface area contributed by atoms with Crippen LogP contribution in [0.25, 0.3) is 0 Å². The number of ether oxygens (including phenoxy) is 3. The lowest BCUT2D eigenvalue weighted by Crippen LogP contribution is -2.40. The summed E-state index contributed by atoms with van der Waals surface area (Å²) in [6, 6.07) is 4.09. The number of benzene rings is 1. The Bertz CT molecular complexity index is 986. The Hall–Kier alpha value is -3.29. The van der Waals surface area contributed by atoms with Gasteiger partial charge in [0.25, 0.3) is 5.91 Å². The van der Waals surface area contributed by atoms with Crippen molar-refractivity contribution in [3.8, 4) is 11.5 Å². The van der Waals surface area contributed by atoms with Crippen molar-refractivity contribution in [1.29, 1.82) is 0 Å². The van der Waals surface area contributed by atoms with Crippen molar-refractivity contribution in [2.45, 2.75) is 33.7 Å². The molecule has 0 N–H and O–H groups in total. The van der Waals surface area contributed by atoms with Gasteiger partial charge in [-0.3, -0.25) is 9.59 Å². The van der Waals surface area contributed by atoms with E-state index in [-0.39, 0.29) is 18.3 Å². The van der Waals surface area contributed by atoms with Gasteiger partial charge in [-0.25, -0.2) is 4.79 Å². The highest BCUT2D eigenvalue weighted by molar-refractivity contribution is 6.07. The van der Waals surface area contributed by atoms with Gasteiger partial charge < -0.3 is 23.7 Å². The maximum atomic E-state index is 13.3. The van der Waals surface area contributed by atoms with Crippen LogP contribution in [0.4, 0.5) is 0 Å². The fourth-order valence-electron chi connectivity index (χ4n) is 3.52. The molecule has 8 nitrogen and oxygen atoms in total. The number of likely N-dealkylation sites (N-methyl/N-ethyl adjacent to an activating group) is 1. The summed E-state index contributed by atoms with van der Waals surface area (Å²) in [5.41, 5.74) is 2.27. The number of ketones is 1. The predicted octanol–water partition coefficient (Wildman–Crippen LogP) is 3.18. The molecule has 0 saturated heterocycles. The van der Waals surface area contributed by atoms with E-state index in [9.17, 15) is 14.4 Å². The van der Waals surface area contributed by atoms with Gasteiger partial charge >= 0.3 is 5.97 Å². The Kier molecular flexibility index (Phi) is 7.49. The molecule has 31 heavy (non-hydrogen) atoms. The third-order valence-corrected chi connectivity index (χ3v) is 5.52. The van der Waals surface area contributed by atoms with E-state index in [1.807, 2.05) is 0 Å². The van der Waals surface area contributed by atoms with Gasteiger partial charge in [0, 0.05) is 37.0 Å². The number of esters is 1. The zero-order valence-electron chi connectivity index (χ0n) is 19.4. The lowest BCUT2D eigenvalue weighted by Gasteiger charge is -2.24. The zero-order chi connectivity index (χ0) is 23.5. The van der Waals surface area contributed by atoms with Crippen LogP contribution in [-0.2, 0) is 11.8 Å². The number of Topliss-reactive ketones (excluding diaryl/α,β-unsaturated/α-hetero) is 1. The molecule has 1 unspecified atom stereocenters. The van der Waals surface area contributed by atoms with Gasteiger partial charge in [0.2, 0.25) is 0 Å². The van der Waals surface area contributed by atoms with Crippen LogP contribution in [-0.4, -0.2) is 61.0 Å². The molecule has 1 heterocycles. The fraction of sp³-hybridized carbons (Fsp3) is 0.435. The molecule has 168 valence electrons. The maximum Gasteiger partial charge on any atom is 0.355 e. The van der Waals surface area contributed by atoms with E-state index < -0.39 is 12.0 Å². The minimum atomic E-state index is -0.764. The van der Waals surface area contributed by atoms with E-state index in [4.69, 9.17) is 14.2 Å². The van der Waals surface area contributed by atoms with Crippen molar-refractivity contribution in [1.82, 2.24) is 9.47 Å². The quantitative estimate of drug-likeness (QED) is 0.472. The first kappa shape index (κ1) is 24.0. The predicted molar refractivity (Wildman–Crippen MR) is 116 cm³/mol. The van der Waals surface area contributed by atoms with Crippen molar-refractivity contribution in [3.05, 3.63) is 46.3 Å². The second-order valence-corrected chi connectivity index (χ2v) is 7.27. The van der Waals surface area contributed by atoms with Crippen molar-refractivity contribution in [3.63, 3.8) is 0 Å². The summed E-state index contributed by atoms with van der Waals surface area (Å²) < 4.78 is 17.2. The highest BCUT2D eigenvalue weighted by atomic mass is 16.5. The molecule has 1 aromatic heterocycles. The number of aromatic nitrogens is 1. The average molecular weight is 431 g/mol. The first-order valence-electron chi connectivity index (χ1n) is 9.96. The van der Waals surface area contributed by atoms with E-state index in [1.165, 1.54) is 19.1 Å². The third-order valence-electron chi connectivity index (χ3n) is 5.52. The summed E-state index contributed by atoms with van der Waals surface area (Å²) in [5, 5.41) is 0.